The molecule has 0 saturated heterocycles. The molecule has 92 valence electrons. The third-order valence-corrected chi connectivity index (χ3v) is 3.54. The summed E-state index contributed by atoms with van der Waals surface area (Å²) >= 11 is 0. The van der Waals surface area contributed by atoms with Crippen LogP contribution in [0.3, 0.4) is 0 Å². The maximum Gasteiger partial charge on any atom is 0.374 e. The standard InChI is InChI=1S/C14H13NO3/c1-8-2-3-9-4-5-10(6-11(8)9)12-7-13(14(16)17)18-15-12/h4-8H,2-3H2,1H3,(H,16,17). The molecule has 1 aliphatic rings. The Bertz CT molecular complexity index is 615. The first-order valence-electron chi connectivity index (χ1n) is 5.98. The quantitative estimate of drug-likeness (QED) is 0.880. The van der Waals surface area contributed by atoms with Crippen molar-refractivity contribution in [2.45, 2.75) is 25.7 Å². The van der Waals surface area contributed by atoms with E-state index in [1.807, 2.05) is 6.07 Å². The zero-order chi connectivity index (χ0) is 12.7. The molecule has 1 aliphatic carbocycles. The van der Waals surface area contributed by atoms with Crippen molar-refractivity contribution in [3.05, 3.63) is 41.2 Å². The molecule has 1 aromatic heterocycles. The highest BCUT2D eigenvalue weighted by atomic mass is 16.5. The van der Waals surface area contributed by atoms with Crippen molar-refractivity contribution in [1.82, 2.24) is 5.16 Å². The molecule has 4 nitrogen and oxygen atoms in total. The number of carbonyl (C=O) groups is 1. The molecule has 0 amide bonds. The Kier molecular flexibility index (Phi) is 2.44. The van der Waals surface area contributed by atoms with Crippen molar-refractivity contribution in [1.29, 1.82) is 0 Å². The van der Waals surface area contributed by atoms with E-state index in [2.05, 4.69) is 24.2 Å². The van der Waals surface area contributed by atoms with Gasteiger partial charge in [-0.05, 0) is 36.0 Å². The lowest BCUT2D eigenvalue weighted by Crippen LogP contribution is -1.91. The molecule has 0 bridgehead atoms. The van der Waals surface area contributed by atoms with E-state index >= 15 is 0 Å². The number of aromatic carboxylic acids is 1. The van der Waals surface area contributed by atoms with Crippen molar-refractivity contribution in [2.24, 2.45) is 0 Å². The summed E-state index contributed by atoms with van der Waals surface area (Å²) in [6, 6.07) is 7.63. The Morgan fingerprint density at radius 1 is 1.44 bits per heavy atom. The Morgan fingerprint density at radius 3 is 3.00 bits per heavy atom. The van der Waals surface area contributed by atoms with E-state index in [1.54, 1.807) is 0 Å². The molecule has 0 saturated carbocycles. The number of carboxylic acids is 1. The molecule has 1 unspecified atom stereocenters. The van der Waals surface area contributed by atoms with Gasteiger partial charge in [0.05, 0.1) is 0 Å². The number of hydrogen-bond donors (Lipinski definition) is 1. The van der Waals surface area contributed by atoms with Gasteiger partial charge in [0.15, 0.2) is 0 Å². The minimum absolute atomic E-state index is 0.126. The first kappa shape index (κ1) is 11.0. The molecule has 4 heteroatoms. The number of fused-ring (bicyclic) bond motifs is 1. The van der Waals surface area contributed by atoms with Crippen LogP contribution in [0.2, 0.25) is 0 Å². The number of aromatic nitrogens is 1. The highest BCUT2D eigenvalue weighted by Crippen LogP contribution is 2.35. The normalized spacial score (nSPS) is 17.7. The van der Waals surface area contributed by atoms with Crippen LogP contribution < -0.4 is 0 Å². The first-order valence-corrected chi connectivity index (χ1v) is 5.98. The van der Waals surface area contributed by atoms with Gasteiger partial charge in [-0.25, -0.2) is 4.79 Å². The molecule has 18 heavy (non-hydrogen) atoms. The molecule has 1 heterocycles. The predicted molar refractivity (Wildman–Crippen MR) is 65.6 cm³/mol. The van der Waals surface area contributed by atoms with E-state index in [9.17, 15) is 4.79 Å². The van der Waals surface area contributed by atoms with Gasteiger partial charge in [-0.1, -0.05) is 24.2 Å². The average molecular weight is 243 g/mol. The fraction of sp³-hybridized carbons (Fsp3) is 0.286. The van der Waals surface area contributed by atoms with Gasteiger partial charge in [0.2, 0.25) is 5.76 Å². The van der Waals surface area contributed by atoms with E-state index in [0.717, 1.165) is 12.0 Å². The summed E-state index contributed by atoms with van der Waals surface area (Å²) in [4.78, 5) is 10.8. The second-order valence-corrected chi connectivity index (χ2v) is 4.73. The number of benzene rings is 1. The van der Waals surface area contributed by atoms with Crippen LogP contribution in [0.1, 0.15) is 40.9 Å². The van der Waals surface area contributed by atoms with E-state index in [4.69, 9.17) is 9.63 Å². The smallest absolute Gasteiger partial charge is 0.374 e. The van der Waals surface area contributed by atoms with E-state index in [-0.39, 0.29) is 5.76 Å². The number of carboxylic acid groups (broad SMARTS) is 1. The maximum absolute atomic E-state index is 10.8. The lowest BCUT2D eigenvalue weighted by Gasteiger charge is -2.05. The van der Waals surface area contributed by atoms with Crippen LogP contribution in [0.25, 0.3) is 11.3 Å². The maximum atomic E-state index is 10.8. The van der Waals surface area contributed by atoms with Gasteiger partial charge < -0.3 is 9.63 Å². The van der Waals surface area contributed by atoms with Gasteiger partial charge in [0.25, 0.3) is 0 Å². The van der Waals surface area contributed by atoms with Crippen molar-refractivity contribution >= 4 is 5.97 Å². The summed E-state index contributed by atoms with van der Waals surface area (Å²) in [5.41, 5.74) is 4.22. The van der Waals surface area contributed by atoms with E-state index in [1.165, 1.54) is 23.6 Å². The van der Waals surface area contributed by atoms with Gasteiger partial charge in [-0.2, -0.15) is 0 Å². The molecule has 1 atom stereocenters. The molecule has 0 aliphatic heterocycles. The second kappa shape index (κ2) is 3.98. The predicted octanol–water partition coefficient (Wildman–Crippen LogP) is 3.09. The zero-order valence-electron chi connectivity index (χ0n) is 10.0. The molecule has 0 radical (unpaired) electrons. The zero-order valence-corrected chi connectivity index (χ0v) is 10.0. The molecule has 2 aromatic rings. The SMILES string of the molecule is CC1CCc2ccc(-c3cc(C(=O)O)on3)cc21. The Hall–Kier alpha value is -2.10. The molecule has 1 aromatic carbocycles. The molecule has 0 spiro atoms. The van der Waals surface area contributed by atoms with E-state index in [0.29, 0.717) is 11.6 Å². The molecule has 1 N–H and O–H groups in total. The summed E-state index contributed by atoms with van der Waals surface area (Å²) in [6.07, 6.45) is 2.30. The molecule has 3 rings (SSSR count). The fourth-order valence-electron chi connectivity index (χ4n) is 2.48. The lowest BCUT2D eigenvalue weighted by atomic mass is 9.99. The summed E-state index contributed by atoms with van der Waals surface area (Å²) in [7, 11) is 0. The van der Waals surface area contributed by atoms with Gasteiger partial charge in [0, 0.05) is 11.6 Å². The van der Waals surface area contributed by atoms with Gasteiger partial charge in [-0.3, -0.25) is 0 Å². The van der Waals surface area contributed by atoms with Crippen molar-refractivity contribution in [3.8, 4) is 11.3 Å². The Morgan fingerprint density at radius 2 is 2.28 bits per heavy atom. The summed E-state index contributed by atoms with van der Waals surface area (Å²) < 4.78 is 4.78. The first-order chi connectivity index (χ1) is 8.65. The van der Waals surface area contributed by atoms with Crippen molar-refractivity contribution in [2.75, 3.05) is 0 Å². The van der Waals surface area contributed by atoms with Crippen LogP contribution in [0.4, 0.5) is 0 Å². The Balaban J connectivity index is 2.01. The topological polar surface area (TPSA) is 63.3 Å². The molecular formula is C14H13NO3. The highest BCUT2D eigenvalue weighted by Gasteiger charge is 2.20. The Labute approximate surface area is 104 Å². The summed E-state index contributed by atoms with van der Waals surface area (Å²) in [5, 5.41) is 12.6. The van der Waals surface area contributed by atoms with Crippen LogP contribution in [-0.2, 0) is 6.42 Å². The number of rotatable bonds is 2. The molecular weight excluding hydrogens is 230 g/mol. The van der Waals surface area contributed by atoms with Crippen LogP contribution in [-0.4, -0.2) is 16.2 Å². The largest absolute Gasteiger partial charge is 0.475 e. The van der Waals surface area contributed by atoms with Crippen LogP contribution >= 0.6 is 0 Å². The highest BCUT2D eigenvalue weighted by molar-refractivity contribution is 5.85. The summed E-state index contributed by atoms with van der Waals surface area (Å²) in [5.74, 6) is -0.660. The van der Waals surface area contributed by atoms with Gasteiger partial charge in [0.1, 0.15) is 5.69 Å². The van der Waals surface area contributed by atoms with Gasteiger partial charge in [-0.15, -0.1) is 0 Å². The summed E-state index contributed by atoms with van der Waals surface area (Å²) in [6.45, 7) is 2.21. The minimum atomic E-state index is -1.09. The number of aryl methyl sites for hydroxylation is 1. The number of hydrogen-bond acceptors (Lipinski definition) is 3. The van der Waals surface area contributed by atoms with Gasteiger partial charge >= 0.3 is 5.97 Å². The number of nitrogens with zero attached hydrogens (tertiary/aromatic N) is 1. The van der Waals surface area contributed by atoms with Crippen LogP contribution in [0.15, 0.2) is 28.8 Å². The minimum Gasteiger partial charge on any atom is -0.475 e. The fourth-order valence-corrected chi connectivity index (χ4v) is 2.48. The third kappa shape index (κ3) is 1.70. The lowest BCUT2D eigenvalue weighted by molar-refractivity contribution is 0.0652. The third-order valence-electron chi connectivity index (χ3n) is 3.54. The monoisotopic (exact) mass is 243 g/mol. The second-order valence-electron chi connectivity index (χ2n) is 4.73. The van der Waals surface area contributed by atoms with Crippen molar-refractivity contribution < 1.29 is 14.4 Å². The van der Waals surface area contributed by atoms with Crippen LogP contribution in [0.5, 0.6) is 0 Å². The van der Waals surface area contributed by atoms with E-state index < -0.39 is 5.97 Å². The van der Waals surface area contributed by atoms with Crippen LogP contribution in [0, 0.1) is 0 Å². The van der Waals surface area contributed by atoms with Crippen molar-refractivity contribution in [3.63, 3.8) is 0 Å². The average Bonchev–Trinajstić information content (AvgIpc) is 2.96. The molecule has 0 fully saturated rings.